The van der Waals surface area contributed by atoms with Crippen LogP contribution in [0.15, 0.2) is 36.5 Å². The molecule has 0 aliphatic carbocycles. The van der Waals surface area contributed by atoms with Crippen molar-refractivity contribution in [2.45, 2.75) is 19.4 Å². The quantitative estimate of drug-likeness (QED) is 0.761. The van der Waals surface area contributed by atoms with Crippen LogP contribution in [0.25, 0.3) is 0 Å². The molecular formula is C14H15N3O3. The van der Waals surface area contributed by atoms with Gasteiger partial charge in [-0.1, -0.05) is 30.3 Å². The fourth-order valence-corrected chi connectivity index (χ4v) is 1.87. The van der Waals surface area contributed by atoms with Gasteiger partial charge in [0.2, 0.25) is 0 Å². The third kappa shape index (κ3) is 3.23. The highest BCUT2D eigenvalue weighted by molar-refractivity contribution is 5.97. The molecule has 2 aromatic rings. The van der Waals surface area contributed by atoms with E-state index in [4.69, 9.17) is 0 Å². The summed E-state index contributed by atoms with van der Waals surface area (Å²) in [5.41, 5.74) is 1.81. The van der Waals surface area contributed by atoms with Crippen LogP contribution in [-0.4, -0.2) is 33.2 Å². The summed E-state index contributed by atoms with van der Waals surface area (Å²) in [4.78, 5) is 23.3. The average molecular weight is 273 g/mol. The number of amides is 1. The van der Waals surface area contributed by atoms with Gasteiger partial charge in [-0.25, -0.2) is 4.79 Å². The van der Waals surface area contributed by atoms with Crippen LogP contribution in [0.3, 0.4) is 0 Å². The molecule has 6 heteroatoms. The van der Waals surface area contributed by atoms with Crippen molar-refractivity contribution in [3.8, 4) is 0 Å². The van der Waals surface area contributed by atoms with Gasteiger partial charge in [0, 0.05) is 12.1 Å². The molecule has 1 atom stereocenters. The van der Waals surface area contributed by atoms with E-state index in [-0.39, 0.29) is 6.42 Å². The largest absolute Gasteiger partial charge is 0.480 e. The Morgan fingerprint density at radius 2 is 2.05 bits per heavy atom. The van der Waals surface area contributed by atoms with Crippen LogP contribution in [0.1, 0.15) is 21.6 Å². The van der Waals surface area contributed by atoms with Crippen LogP contribution in [-0.2, 0) is 11.2 Å². The lowest BCUT2D eigenvalue weighted by Crippen LogP contribution is -2.42. The zero-order valence-corrected chi connectivity index (χ0v) is 11.0. The minimum Gasteiger partial charge on any atom is -0.480 e. The standard InChI is InChI=1S/C14H15N3O3/c1-9-11(8-15-17-9)13(18)16-12(14(19)20)7-10-5-3-2-4-6-10/h2-6,8,12H,7H2,1H3,(H,15,17)(H,16,18)(H,19,20). The predicted octanol–water partition coefficient (Wildman–Crippen LogP) is 1.14. The van der Waals surface area contributed by atoms with E-state index < -0.39 is 17.9 Å². The Morgan fingerprint density at radius 3 is 2.60 bits per heavy atom. The molecule has 0 spiro atoms. The number of benzene rings is 1. The van der Waals surface area contributed by atoms with E-state index in [2.05, 4.69) is 15.5 Å². The maximum atomic E-state index is 12.0. The lowest BCUT2D eigenvalue weighted by Gasteiger charge is -2.14. The highest BCUT2D eigenvalue weighted by Gasteiger charge is 2.22. The average Bonchev–Trinajstić information content (AvgIpc) is 2.85. The Balaban J connectivity index is 2.09. The van der Waals surface area contributed by atoms with E-state index in [9.17, 15) is 14.7 Å². The van der Waals surface area contributed by atoms with Gasteiger partial charge in [0.15, 0.2) is 0 Å². The number of carboxylic acid groups (broad SMARTS) is 1. The second kappa shape index (κ2) is 6.01. The lowest BCUT2D eigenvalue weighted by atomic mass is 10.1. The Hall–Kier alpha value is -2.63. The van der Waals surface area contributed by atoms with Crippen molar-refractivity contribution in [1.82, 2.24) is 15.5 Å². The third-order valence-corrected chi connectivity index (χ3v) is 2.96. The van der Waals surface area contributed by atoms with Gasteiger partial charge >= 0.3 is 5.97 Å². The third-order valence-electron chi connectivity index (χ3n) is 2.96. The van der Waals surface area contributed by atoms with Gasteiger partial charge in [0.1, 0.15) is 6.04 Å². The molecular weight excluding hydrogens is 258 g/mol. The van der Waals surface area contributed by atoms with Gasteiger partial charge in [0.25, 0.3) is 5.91 Å². The van der Waals surface area contributed by atoms with Gasteiger partial charge in [-0.05, 0) is 12.5 Å². The fourth-order valence-electron chi connectivity index (χ4n) is 1.87. The summed E-state index contributed by atoms with van der Waals surface area (Å²) < 4.78 is 0. The Labute approximate surface area is 115 Å². The maximum Gasteiger partial charge on any atom is 0.326 e. The highest BCUT2D eigenvalue weighted by atomic mass is 16.4. The highest BCUT2D eigenvalue weighted by Crippen LogP contribution is 2.06. The number of aryl methyl sites for hydroxylation is 1. The molecule has 6 nitrogen and oxygen atoms in total. The maximum absolute atomic E-state index is 12.0. The van der Waals surface area contributed by atoms with Crippen LogP contribution < -0.4 is 5.32 Å². The van der Waals surface area contributed by atoms with E-state index in [0.29, 0.717) is 11.3 Å². The van der Waals surface area contributed by atoms with Gasteiger partial charge in [-0.3, -0.25) is 9.89 Å². The summed E-state index contributed by atoms with van der Waals surface area (Å²) in [7, 11) is 0. The van der Waals surface area contributed by atoms with Crippen LogP contribution >= 0.6 is 0 Å². The van der Waals surface area contributed by atoms with Crippen LogP contribution in [0.5, 0.6) is 0 Å². The minimum atomic E-state index is -1.07. The van der Waals surface area contributed by atoms with Crippen LogP contribution in [0.2, 0.25) is 0 Å². The van der Waals surface area contributed by atoms with Crippen LogP contribution in [0.4, 0.5) is 0 Å². The first-order valence-electron chi connectivity index (χ1n) is 6.15. The molecule has 20 heavy (non-hydrogen) atoms. The smallest absolute Gasteiger partial charge is 0.326 e. The van der Waals surface area contributed by atoms with Crippen molar-refractivity contribution in [3.05, 3.63) is 53.3 Å². The number of aliphatic carboxylic acids is 1. The first-order valence-corrected chi connectivity index (χ1v) is 6.15. The molecule has 0 fully saturated rings. The fraction of sp³-hybridized carbons (Fsp3) is 0.214. The van der Waals surface area contributed by atoms with E-state index >= 15 is 0 Å². The number of carboxylic acids is 1. The van der Waals surface area contributed by atoms with Crippen molar-refractivity contribution >= 4 is 11.9 Å². The second-order valence-corrected chi connectivity index (χ2v) is 4.46. The molecule has 0 saturated carbocycles. The van der Waals surface area contributed by atoms with Crippen molar-refractivity contribution in [2.24, 2.45) is 0 Å². The Morgan fingerprint density at radius 1 is 1.35 bits per heavy atom. The first-order chi connectivity index (χ1) is 9.58. The number of carbonyl (C=O) groups excluding carboxylic acids is 1. The summed E-state index contributed by atoms with van der Waals surface area (Å²) in [5, 5.41) is 18.1. The molecule has 2 rings (SSSR count). The number of hydrogen-bond donors (Lipinski definition) is 3. The molecule has 0 aliphatic heterocycles. The molecule has 1 aromatic heterocycles. The van der Waals surface area contributed by atoms with Gasteiger partial charge < -0.3 is 10.4 Å². The molecule has 3 N–H and O–H groups in total. The zero-order valence-electron chi connectivity index (χ0n) is 11.0. The number of rotatable bonds is 5. The van der Waals surface area contributed by atoms with E-state index in [0.717, 1.165) is 5.56 Å². The Kier molecular flexibility index (Phi) is 4.14. The Bertz CT molecular complexity index is 607. The van der Waals surface area contributed by atoms with Crippen LogP contribution in [0, 0.1) is 6.92 Å². The van der Waals surface area contributed by atoms with Gasteiger partial charge in [-0.15, -0.1) is 0 Å². The topological polar surface area (TPSA) is 95.1 Å². The molecule has 0 saturated heterocycles. The predicted molar refractivity (Wildman–Crippen MR) is 72.4 cm³/mol. The van der Waals surface area contributed by atoms with Crippen molar-refractivity contribution < 1.29 is 14.7 Å². The summed E-state index contributed by atoms with van der Waals surface area (Å²) >= 11 is 0. The van der Waals surface area contributed by atoms with Crippen molar-refractivity contribution in [3.63, 3.8) is 0 Å². The summed E-state index contributed by atoms with van der Waals surface area (Å²) in [6.45, 7) is 1.70. The van der Waals surface area contributed by atoms with E-state index in [1.807, 2.05) is 30.3 Å². The number of nitrogens with one attached hydrogen (secondary N) is 2. The van der Waals surface area contributed by atoms with Crippen molar-refractivity contribution in [1.29, 1.82) is 0 Å². The molecule has 0 radical (unpaired) electrons. The second-order valence-electron chi connectivity index (χ2n) is 4.46. The molecule has 1 amide bonds. The molecule has 104 valence electrons. The number of nitrogens with zero attached hydrogens (tertiary/aromatic N) is 1. The number of aromatic nitrogens is 2. The summed E-state index contributed by atoms with van der Waals surface area (Å²) in [6, 6.07) is 8.19. The molecule has 1 unspecified atom stereocenters. The van der Waals surface area contributed by atoms with E-state index in [1.54, 1.807) is 6.92 Å². The minimum absolute atomic E-state index is 0.235. The molecule has 0 aliphatic rings. The van der Waals surface area contributed by atoms with Gasteiger partial charge in [0.05, 0.1) is 11.8 Å². The first kappa shape index (κ1) is 13.8. The normalized spacial score (nSPS) is 11.8. The number of H-pyrrole nitrogens is 1. The monoisotopic (exact) mass is 273 g/mol. The number of hydrogen-bond acceptors (Lipinski definition) is 3. The molecule has 1 heterocycles. The van der Waals surface area contributed by atoms with Crippen molar-refractivity contribution in [2.75, 3.05) is 0 Å². The zero-order chi connectivity index (χ0) is 14.5. The number of carbonyl (C=O) groups is 2. The summed E-state index contributed by atoms with van der Waals surface area (Å²) in [5.74, 6) is -1.51. The molecule has 0 bridgehead atoms. The summed E-state index contributed by atoms with van der Waals surface area (Å²) in [6.07, 6.45) is 1.62. The lowest BCUT2D eigenvalue weighted by molar-refractivity contribution is -0.139. The SMILES string of the molecule is Cc1[nH]ncc1C(=O)NC(Cc1ccccc1)C(=O)O. The molecule has 1 aromatic carbocycles. The van der Waals surface area contributed by atoms with E-state index in [1.165, 1.54) is 6.20 Å². The number of aromatic amines is 1. The van der Waals surface area contributed by atoms with Gasteiger partial charge in [-0.2, -0.15) is 5.10 Å².